The molecule has 2 aliphatic heterocycles. The van der Waals surface area contributed by atoms with Gasteiger partial charge >= 0.3 is 5.97 Å². The fraction of sp³-hybridized carbons (Fsp3) is 0.593. The number of hydrogen-bond donors (Lipinski definition) is 2. The molecule has 2 N–H and O–H groups in total. The Hall–Kier alpha value is -2.67. The summed E-state index contributed by atoms with van der Waals surface area (Å²) in [7, 11) is 0. The van der Waals surface area contributed by atoms with Gasteiger partial charge in [-0.15, -0.1) is 0 Å². The summed E-state index contributed by atoms with van der Waals surface area (Å²) < 4.78 is 5.81. The molecule has 2 aliphatic rings. The highest BCUT2D eigenvalue weighted by Crippen LogP contribution is 2.34. The Balaban J connectivity index is 1.24. The Labute approximate surface area is 202 Å². The van der Waals surface area contributed by atoms with Crippen LogP contribution in [0.25, 0.3) is 0 Å². The number of carboxylic acids is 1. The first-order valence-electron chi connectivity index (χ1n) is 12.8. The minimum absolute atomic E-state index is 0.0535. The summed E-state index contributed by atoms with van der Waals surface area (Å²) in [5.74, 6) is 1.21. The van der Waals surface area contributed by atoms with E-state index in [1.165, 1.54) is 30.5 Å². The standard InChI is InChI=1S/C27H38N4O3/c1-19(2)34-26-23(11-7-16-29-26)24(27(32)33)31-17-14-20(18-31)8-4-3-5-10-22-13-12-21-9-6-15-28-25(21)30-22/h7,11-13,16,19-20,24H,3-6,8-10,14-15,17-18H2,1-2H3,(H,28,30)(H,32,33)/t20-,24?/m1/s1. The number of nitrogens with zero attached hydrogens (tertiary/aromatic N) is 3. The number of carbonyl (C=O) groups is 1. The van der Waals surface area contributed by atoms with Crippen molar-refractivity contribution in [2.75, 3.05) is 25.0 Å². The van der Waals surface area contributed by atoms with E-state index in [-0.39, 0.29) is 6.10 Å². The van der Waals surface area contributed by atoms with Crippen LogP contribution in [0.1, 0.15) is 75.2 Å². The number of fused-ring (bicyclic) bond motifs is 1. The van der Waals surface area contributed by atoms with Crippen molar-refractivity contribution < 1.29 is 14.6 Å². The first kappa shape index (κ1) is 24.5. The zero-order valence-corrected chi connectivity index (χ0v) is 20.5. The summed E-state index contributed by atoms with van der Waals surface area (Å²) in [5.41, 5.74) is 3.17. The van der Waals surface area contributed by atoms with Crippen LogP contribution in [-0.2, 0) is 17.6 Å². The largest absolute Gasteiger partial charge is 0.480 e. The number of aryl methyl sites for hydroxylation is 2. The predicted octanol–water partition coefficient (Wildman–Crippen LogP) is 4.87. The summed E-state index contributed by atoms with van der Waals surface area (Å²) in [6.07, 6.45) is 10.6. The molecule has 2 aromatic rings. The van der Waals surface area contributed by atoms with E-state index in [9.17, 15) is 9.90 Å². The number of aromatic nitrogens is 2. The number of unbranched alkanes of at least 4 members (excludes halogenated alkanes) is 2. The molecule has 34 heavy (non-hydrogen) atoms. The van der Waals surface area contributed by atoms with Gasteiger partial charge < -0.3 is 15.2 Å². The number of ether oxygens (including phenoxy) is 1. The first-order chi connectivity index (χ1) is 16.5. The van der Waals surface area contributed by atoms with Crippen molar-refractivity contribution in [2.45, 2.75) is 77.4 Å². The molecule has 2 aromatic heterocycles. The molecule has 0 radical (unpaired) electrons. The number of aliphatic carboxylic acids is 1. The number of likely N-dealkylation sites (tertiary alicyclic amines) is 1. The third-order valence-electron chi connectivity index (χ3n) is 6.86. The Morgan fingerprint density at radius 2 is 2.15 bits per heavy atom. The lowest BCUT2D eigenvalue weighted by molar-refractivity contribution is -0.143. The normalized spacial score (nSPS) is 19.0. The van der Waals surface area contributed by atoms with E-state index >= 15 is 0 Å². The summed E-state index contributed by atoms with van der Waals surface area (Å²) in [4.78, 5) is 23.4. The van der Waals surface area contributed by atoms with E-state index in [0.29, 0.717) is 17.4 Å². The summed E-state index contributed by atoms with van der Waals surface area (Å²) in [6, 6.07) is 7.33. The monoisotopic (exact) mass is 466 g/mol. The van der Waals surface area contributed by atoms with Gasteiger partial charge in [0.15, 0.2) is 0 Å². The molecule has 0 aliphatic carbocycles. The number of rotatable bonds is 11. The summed E-state index contributed by atoms with van der Waals surface area (Å²) in [5, 5.41) is 13.4. The molecule has 184 valence electrons. The van der Waals surface area contributed by atoms with Crippen LogP contribution in [0.3, 0.4) is 0 Å². The lowest BCUT2D eigenvalue weighted by Gasteiger charge is -2.26. The van der Waals surface area contributed by atoms with Crippen LogP contribution in [0.15, 0.2) is 30.5 Å². The molecule has 0 spiro atoms. The van der Waals surface area contributed by atoms with E-state index in [1.807, 2.05) is 19.9 Å². The smallest absolute Gasteiger partial charge is 0.325 e. The van der Waals surface area contributed by atoms with Gasteiger partial charge in [0.05, 0.1) is 6.10 Å². The predicted molar refractivity (Wildman–Crippen MR) is 133 cm³/mol. The molecular weight excluding hydrogens is 428 g/mol. The van der Waals surface area contributed by atoms with Crippen LogP contribution >= 0.6 is 0 Å². The van der Waals surface area contributed by atoms with Crippen molar-refractivity contribution in [2.24, 2.45) is 5.92 Å². The van der Waals surface area contributed by atoms with Crippen molar-refractivity contribution in [1.82, 2.24) is 14.9 Å². The van der Waals surface area contributed by atoms with Gasteiger partial charge in [-0.05, 0) is 88.6 Å². The maximum Gasteiger partial charge on any atom is 0.325 e. The molecule has 0 amide bonds. The van der Waals surface area contributed by atoms with Gasteiger partial charge in [0.2, 0.25) is 5.88 Å². The van der Waals surface area contributed by atoms with E-state index in [0.717, 1.165) is 57.6 Å². The molecule has 1 saturated heterocycles. The van der Waals surface area contributed by atoms with E-state index in [4.69, 9.17) is 9.72 Å². The maximum absolute atomic E-state index is 12.2. The number of nitrogens with one attached hydrogen (secondary N) is 1. The van der Waals surface area contributed by atoms with Gasteiger partial charge in [0, 0.05) is 30.5 Å². The molecule has 4 heterocycles. The molecular formula is C27H38N4O3. The second kappa shape index (κ2) is 11.6. The van der Waals surface area contributed by atoms with E-state index < -0.39 is 12.0 Å². The molecule has 7 heteroatoms. The third-order valence-corrected chi connectivity index (χ3v) is 6.86. The van der Waals surface area contributed by atoms with Gasteiger partial charge in [-0.3, -0.25) is 9.69 Å². The lowest BCUT2D eigenvalue weighted by Crippen LogP contribution is -2.33. The SMILES string of the molecule is CC(C)Oc1ncccc1C(C(=O)O)N1CC[C@@H](CCCCCc2ccc3c(n2)NCCC3)C1. The van der Waals surface area contributed by atoms with Crippen molar-refractivity contribution in [1.29, 1.82) is 0 Å². The molecule has 1 unspecified atom stereocenters. The van der Waals surface area contributed by atoms with Crippen LogP contribution in [0.5, 0.6) is 5.88 Å². The van der Waals surface area contributed by atoms with Gasteiger partial charge in [-0.1, -0.05) is 18.9 Å². The summed E-state index contributed by atoms with van der Waals surface area (Å²) in [6.45, 7) is 6.49. The maximum atomic E-state index is 12.2. The fourth-order valence-electron chi connectivity index (χ4n) is 5.18. The van der Waals surface area contributed by atoms with E-state index in [1.54, 1.807) is 12.3 Å². The molecule has 2 atom stereocenters. The van der Waals surface area contributed by atoms with Crippen molar-refractivity contribution >= 4 is 11.8 Å². The highest BCUT2D eigenvalue weighted by atomic mass is 16.5. The second-order valence-corrected chi connectivity index (χ2v) is 9.89. The fourth-order valence-corrected chi connectivity index (χ4v) is 5.18. The first-order valence-corrected chi connectivity index (χ1v) is 12.8. The average molecular weight is 467 g/mol. The van der Waals surface area contributed by atoms with Crippen molar-refractivity contribution in [3.63, 3.8) is 0 Å². The lowest BCUT2D eigenvalue weighted by atomic mass is 9.99. The third kappa shape index (κ3) is 6.26. The topological polar surface area (TPSA) is 87.6 Å². The van der Waals surface area contributed by atoms with Crippen LogP contribution < -0.4 is 10.1 Å². The number of carboxylic acid groups (broad SMARTS) is 1. The Kier molecular flexibility index (Phi) is 8.38. The van der Waals surface area contributed by atoms with Crippen molar-refractivity contribution in [3.05, 3.63) is 47.3 Å². The van der Waals surface area contributed by atoms with Crippen LogP contribution in [-0.4, -0.2) is 51.7 Å². The molecule has 0 aromatic carbocycles. The van der Waals surface area contributed by atoms with Gasteiger partial charge in [-0.25, -0.2) is 9.97 Å². The second-order valence-electron chi connectivity index (χ2n) is 9.89. The number of pyridine rings is 2. The molecule has 1 fully saturated rings. The van der Waals surface area contributed by atoms with Gasteiger partial charge in [0.1, 0.15) is 11.9 Å². The van der Waals surface area contributed by atoms with Crippen LogP contribution in [0, 0.1) is 5.92 Å². The van der Waals surface area contributed by atoms with Crippen molar-refractivity contribution in [3.8, 4) is 5.88 Å². The quantitative estimate of drug-likeness (QED) is 0.457. The zero-order valence-electron chi connectivity index (χ0n) is 20.5. The highest BCUT2D eigenvalue weighted by Gasteiger charge is 2.35. The highest BCUT2D eigenvalue weighted by molar-refractivity contribution is 5.76. The molecule has 4 rings (SSSR count). The van der Waals surface area contributed by atoms with Crippen LogP contribution in [0.2, 0.25) is 0 Å². The zero-order chi connectivity index (χ0) is 23.9. The summed E-state index contributed by atoms with van der Waals surface area (Å²) >= 11 is 0. The Morgan fingerprint density at radius 3 is 2.97 bits per heavy atom. The number of hydrogen-bond acceptors (Lipinski definition) is 6. The Morgan fingerprint density at radius 1 is 1.26 bits per heavy atom. The molecule has 0 bridgehead atoms. The van der Waals surface area contributed by atoms with Gasteiger partial charge in [-0.2, -0.15) is 0 Å². The number of anilines is 1. The average Bonchev–Trinajstić information content (AvgIpc) is 3.27. The Bertz CT molecular complexity index is 965. The van der Waals surface area contributed by atoms with E-state index in [2.05, 4.69) is 27.3 Å². The minimum atomic E-state index is -0.839. The molecule has 7 nitrogen and oxygen atoms in total. The minimum Gasteiger partial charge on any atom is -0.480 e. The van der Waals surface area contributed by atoms with Gasteiger partial charge in [0.25, 0.3) is 0 Å². The van der Waals surface area contributed by atoms with Crippen LogP contribution in [0.4, 0.5) is 5.82 Å². The molecule has 0 saturated carbocycles.